The molecule has 58 valence electrons. The van der Waals surface area contributed by atoms with Gasteiger partial charge >= 0.3 is 0 Å². The summed E-state index contributed by atoms with van der Waals surface area (Å²) < 4.78 is 0. The van der Waals surface area contributed by atoms with Gasteiger partial charge in [-0.05, 0) is 20.8 Å². The molecule has 1 fully saturated rings. The summed E-state index contributed by atoms with van der Waals surface area (Å²) in [4.78, 5) is 2.36. The Balaban J connectivity index is 2.64. The van der Waals surface area contributed by atoms with Crippen LogP contribution in [0.2, 0.25) is 0 Å². The number of nitrogens with zero attached hydrogens (tertiary/aromatic N) is 1. The van der Waals surface area contributed by atoms with Crippen LogP contribution in [-0.4, -0.2) is 22.7 Å². The van der Waals surface area contributed by atoms with Gasteiger partial charge in [-0.3, -0.25) is 0 Å². The summed E-state index contributed by atoms with van der Waals surface area (Å²) in [7, 11) is 0. The van der Waals surface area contributed by atoms with E-state index in [1.165, 1.54) is 10.8 Å². The van der Waals surface area contributed by atoms with Gasteiger partial charge in [0.05, 0.1) is 5.03 Å². The Labute approximate surface area is 67.5 Å². The maximum absolute atomic E-state index is 3.99. The smallest absolute Gasteiger partial charge is 0.0639 e. The lowest BCUT2D eigenvalue weighted by molar-refractivity contribution is 0.219. The summed E-state index contributed by atoms with van der Waals surface area (Å²) >= 11 is 1.86. The zero-order chi connectivity index (χ0) is 7.78. The molecule has 2 heteroatoms. The van der Waals surface area contributed by atoms with Crippen molar-refractivity contribution in [2.75, 3.05) is 12.3 Å². The predicted molar refractivity (Wildman–Crippen MR) is 48.1 cm³/mol. The van der Waals surface area contributed by atoms with E-state index in [2.05, 4.69) is 32.3 Å². The third-order valence-electron chi connectivity index (χ3n) is 1.69. The summed E-state index contributed by atoms with van der Waals surface area (Å²) in [5.41, 5.74) is 0.264. The molecule has 0 aromatic carbocycles. The van der Waals surface area contributed by atoms with Crippen molar-refractivity contribution in [3.05, 3.63) is 11.6 Å². The van der Waals surface area contributed by atoms with Gasteiger partial charge in [-0.25, -0.2) is 0 Å². The van der Waals surface area contributed by atoms with Gasteiger partial charge in [0.15, 0.2) is 0 Å². The fourth-order valence-corrected chi connectivity index (χ4v) is 2.20. The van der Waals surface area contributed by atoms with Crippen molar-refractivity contribution in [1.29, 1.82) is 0 Å². The first-order chi connectivity index (χ1) is 4.52. The van der Waals surface area contributed by atoms with E-state index in [1.54, 1.807) is 0 Å². The highest BCUT2D eigenvalue weighted by molar-refractivity contribution is 8.03. The third kappa shape index (κ3) is 1.48. The molecule has 1 rings (SSSR count). The highest BCUT2D eigenvalue weighted by Crippen LogP contribution is 2.32. The van der Waals surface area contributed by atoms with Crippen molar-refractivity contribution in [3.8, 4) is 0 Å². The topological polar surface area (TPSA) is 3.24 Å². The first kappa shape index (κ1) is 7.99. The van der Waals surface area contributed by atoms with E-state index < -0.39 is 0 Å². The van der Waals surface area contributed by atoms with Crippen molar-refractivity contribution in [3.63, 3.8) is 0 Å². The van der Waals surface area contributed by atoms with Crippen LogP contribution < -0.4 is 0 Å². The predicted octanol–water partition coefficient (Wildman–Crippen LogP) is 2.30. The molecule has 0 aromatic heterocycles. The van der Waals surface area contributed by atoms with Gasteiger partial charge in [0.1, 0.15) is 0 Å². The van der Waals surface area contributed by atoms with Gasteiger partial charge in [0, 0.05) is 17.8 Å². The summed E-state index contributed by atoms with van der Waals surface area (Å²) in [6.45, 7) is 11.8. The highest BCUT2D eigenvalue weighted by atomic mass is 32.2. The highest BCUT2D eigenvalue weighted by Gasteiger charge is 2.26. The minimum absolute atomic E-state index is 0.264. The Hall–Kier alpha value is -0.110. The second kappa shape index (κ2) is 2.50. The number of hydrogen-bond acceptors (Lipinski definition) is 2. The lowest BCUT2D eigenvalue weighted by atomic mass is 10.1. The van der Waals surface area contributed by atoms with Crippen LogP contribution in [0.3, 0.4) is 0 Å². The van der Waals surface area contributed by atoms with E-state index >= 15 is 0 Å². The maximum Gasteiger partial charge on any atom is 0.0639 e. The van der Waals surface area contributed by atoms with Crippen LogP contribution in [-0.2, 0) is 0 Å². The maximum atomic E-state index is 3.99. The average Bonchev–Trinajstić information content (AvgIpc) is 2.11. The molecular formula is C8H15NS. The van der Waals surface area contributed by atoms with Crippen LogP contribution in [0.25, 0.3) is 0 Å². The Morgan fingerprint density at radius 3 is 2.30 bits per heavy atom. The van der Waals surface area contributed by atoms with Gasteiger partial charge in [-0.1, -0.05) is 6.58 Å². The van der Waals surface area contributed by atoms with Crippen LogP contribution in [0.4, 0.5) is 0 Å². The van der Waals surface area contributed by atoms with Gasteiger partial charge < -0.3 is 4.90 Å². The minimum atomic E-state index is 0.264. The standard InChI is InChI=1S/C8H15NS/c1-7-9(5-6-10-7)8(2,3)4/h1,5-6H2,2-4H3. The van der Waals surface area contributed by atoms with E-state index in [0.29, 0.717) is 0 Å². The fraction of sp³-hybridized carbons (Fsp3) is 0.750. The van der Waals surface area contributed by atoms with Gasteiger partial charge in [0.25, 0.3) is 0 Å². The third-order valence-corrected chi connectivity index (χ3v) is 2.63. The van der Waals surface area contributed by atoms with E-state index in [0.717, 1.165) is 6.54 Å². The summed E-state index contributed by atoms with van der Waals surface area (Å²) in [6, 6.07) is 0. The first-order valence-electron chi connectivity index (χ1n) is 3.61. The largest absolute Gasteiger partial charge is 0.361 e. The average molecular weight is 157 g/mol. The minimum Gasteiger partial charge on any atom is -0.361 e. The molecule has 0 aliphatic carbocycles. The van der Waals surface area contributed by atoms with Crippen molar-refractivity contribution < 1.29 is 0 Å². The Bertz CT molecular complexity index is 146. The van der Waals surface area contributed by atoms with Crippen LogP contribution in [0.1, 0.15) is 20.8 Å². The molecule has 10 heavy (non-hydrogen) atoms. The fourth-order valence-electron chi connectivity index (χ4n) is 1.17. The molecule has 1 saturated heterocycles. The normalized spacial score (nSPS) is 20.3. The van der Waals surface area contributed by atoms with Crippen molar-refractivity contribution >= 4 is 11.8 Å². The van der Waals surface area contributed by atoms with E-state index in [4.69, 9.17) is 0 Å². The molecule has 0 N–H and O–H groups in total. The second-order valence-corrected chi connectivity index (χ2v) is 4.73. The monoisotopic (exact) mass is 157 g/mol. The first-order valence-corrected chi connectivity index (χ1v) is 4.60. The molecule has 0 saturated carbocycles. The van der Waals surface area contributed by atoms with Gasteiger partial charge in [0.2, 0.25) is 0 Å². The molecule has 1 nitrogen and oxygen atoms in total. The molecular weight excluding hydrogens is 142 g/mol. The molecule has 0 amide bonds. The lowest BCUT2D eigenvalue weighted by Gasteiger charge is -2.33. The molecule has 0 aromatic rings. The molecule has 0 bridgehead atoms. The SMILES string of the molecule is C=C1SCCN1C(C)(C)C. The van der Waals surface area contributed by atoms with E-state index in [1.807, 2.05) is 11.8 Å². The molecule has 1 aliphatic heterocycles. The van der Waals surface area contributed by atoms with Crippen LogP contribution >= 0.6 is 11.8 Å². The van der Waals surface area contributed by atoms with E-state index in [9.17, 15) is 0 Å². The van der Waals surface area contributed by atoms with Crippen molar-refractivity contribution in [2.45, 2.75) is 26.3 Å². The quantitative estimate of drug-likeness (QED) is 0.531. The Kier molecular flexibility index (Phi) is 1.99. The Morgan fingerprint density at radius 2 is 2.10 bits per heavy atom. The molecule has 0 unspecified atom stereocenters. The number of thioether (sulfide) groups is 1. The van der Waals surface area contributed by atoms with Crippen LogP contribution in [0.5, 0.6) is 0 Å². The molecule has 1 heterocycles. The zero-order valence-electron chi connectivity index (χ0n) is 6.98. The van der Waals surface area contributed by atoms with Crippen LogP contribution in [0.15, 0.2) is 11.6 Å². The lowest BCUT2D eigenvalue weighted by Crippen LogP contribution is -2.37. The summed E-state index contributed by atoms with van der Waals surface area (Å²) in [6.07, 6.45) is 0. The molecule has 0 spiro atoms. The van der Waals surface area contributed by atoms with E-state index in [-0.39, 0.29) is 5.54 Å². The molecule has 1 aliphatic rings. The van der Waals surface area contributed by atoms with Crippen LogP contribution in [0, 0.1) is 0 Å². The van der Waals surface area contributed by atoms with Gasteiger partial charge in [-0.15, -0.1) is 11.8 Å². The van der Waals surface area contributed by atoms with Gasteiger partial charge in [-0.2, -0.15) is 0 Å². The van der Waals surface area contributed by atoms with Crippen molar-refractivity contribution in [1.82, 2.24) is 4.90 Å². The molecule has 0 radical (unpaired) electrons. The number of rotatable bonds is 0. The summed E-state index contributed by atoms with van der Waals surface area (Å²) in [5, 5.41) is 1.23. The summed E-state index contributed by atoms with van der Waals surface area (Å²) in [5.74, 6) is 1.20. The Morgan fingerprint density at radius 1 is 1.50 bits per heavy atom. The number of hydrogen-bond donors (Lipinski definition) is 0. The van der Waals surface area contributed by atoms with Crippen molar-refractivity contribution in [2.24, 2.45) is 0 Å². The second-order valence-electron chi connectivity index (χ2n) is 3.56. The zero-order valence-corrected chi connectivity index (χ0v) is 7.79. The molecule has 0 atom stereocenters.